The van der Waals surface area contributed by atoms with E-state index in [1.165, 1.54) is 11.8 Å². The van der Waals surface area contributed by atoms with Crippen LogP contribution in [0, 0.1) is 0 Å². The Morgan fingerprint density at radius 3 is 2.53 bits per heavy atom. The van der Waals surface area contributed by atoms with Crippen molar-refractivity contribution >= 4 is 51.9 Å². The Morgan fingerprint density at radius 2 is 1.83 bits per heavy atom. The highest BCUT2D eigenvalue weighted by Gasteiger charge is 2.31. The molecule has 2 aromatic rings. The first-order chi connectivity index (χ1) is 14.5. The lowest BCUT2D eigenvalue weighted by Gasteiger charge is -2.14. The fourth-order valence-electron chi connectivity index (χ4n) is 2.85. The summed E-state index contributed by atoms with van der Waals surface area (Å²) in [7, 11) is 1.59. The number of ether oxygens (including phenoxy) is 3. The smallest absolute Gasteiger partial charge is 0.266 e. The molecule has 1 amide bonds. The fraction of sp³-hybridized carbons (Fsp3) is 0.273. The molecule has 1 aliphatic heterocycles. The molecule has 1 fully saturated rings. The Kier molecular flexibility index (Phi) is 8.01. The van der Waals surface area contributed by atoms with Crippen molar-refractivity contribution in [1.29, 1.82) is 0 Å². The minimum Gasteiger partial charge on any atom is -0.493 e. The first kappa shape index (κ1) is 22.5. The molecule has 3 rings (SSSR count). The topological polar surface area (TPSA) is 48.0 Å². The molecule has 2 aromatic carbocycles. The van der Waals surface area contributed by atoms with E-state index in [1.54, 1.807) is 24.2 Å². The van der Waals surface area contributed by atoms with E-state index < -0.39 is 0 Å². The summed E-state index contributed by atoms with van der Waals surface area (Å²) >= 11 is 12.7. The van der Waals surface area contributed by atoms with Gasteiger partial charge in [0.2, 0.25) is 0 Å². The molecular formula is C22H22ClNO4S2. The van der Waals surface area contributed by atoms with Gasteiger partial charge in [0.1, 0.15) is 10.1 Å². The van der Waals surface area contributed by atoms with Crippen LogP contribution in [0.15, 0.2) is 47.4 Å². The number of carbonyl (C=O) groups is 1. The maximum atomic E-state index is 12.5. The van der Waals surface area contributed by atoms with Crippen LogP contribution >= 0.6 is 35.6 Å². The summed E-state index contributed by atoms with van der Waals surface area (Å²) in [4.78, 5) is 14.7. The first-order valence-electron chi connectivity index (χ1n) is 9.47. The number of para-hydroxylation sites is 2. The van der Waals surface area contributed by atoms with Crippen LogP contribution in [0.1, 0.15) is 18.9 Å². The van der Waals surface area contributed by atoms with Gasteiger partial charge in [0.05, 0.1) is 30.3 Å². The summed E-state index contributed by atoms with van der Waals surface area (Å²) in [5.41, 5.74) is 0.762. The van der Waals surface area contributed by atoms with Crippen LogP contribution in [0.2, 0.25) is 5.02 Å². The summed E-state index contributed by atoms with van der Waals surface area (Å²) in [6.07, 6.45) is 2.45. The number of methoxy groups -OCH3 is 1. The standard InChI is InChI=1S/C22H22ClNO4S2/c1-3-24-21(25)19(30-22(24)29)14-15-8-6-11-18(26-2)20(15)28-13-7-12-27-17-10-5-4-9-16(17)23/h4-6,8-11,14H,3,7,12-13H2,1-2H3/b19-14+. The van der Waals surface area contributed by atoms with E-state index >= 15 is 0 Å². The molecule has 1 heterocycles. The Bertz CT molecular complexity index is 964. The molecule has 0 radical (unpaired) electrons. The Balaban J connectivity index is 1.67. The van der Waals surface area contributed by atoms with Crippen LogP contribution in [0.25, 0.3) is 6.08 Å². The van der Waals surface area contributed by atoms with Gasteiger partial charge in [-0.25, -0.2) is 0 Å². The molecule has 0 spiro atoms. The van der Waals surface area contributed by atoms with Crippen molar-refractivity contribution in [3.63, 3.8) is 0 Å². The van der Waals surface area contributed by atoms with E-state index in [4.69, 9.17) is 38.0 Å². The molecule has 0 aromatic heterocycles. The van der Waals surface area contributed by atoms with Gasteiger partial charge in [-0.05, 0) is 31.2 Å². The van der Waals surface area contributed by atoms with Gasteiger partial charge in [-0.15, -0.1) is 0 Å². The molecule has 0 bridgehead atoms. The quantitative estimate of drug-likeness (QED) is 0.281. The lowest BCUT2D eigenvalue weighted by Crippen LogP contribution is -2.27. The third-order valence-electron chi connectivity index (χ3n) is 4.33. The lowest BCUT2D eigenvalue weighted by atomic mass is 10.1. The van der Waals surface area contributed by atoms with Crippen molar-refractivity contribution in [2.75, 3.05) is 26.9 Å². The zero-order valence-electron chi connectivity index (χ0n) is 16.7. The maximum absolute atomic E-state index is 12.5. The second kappa shape index (κ2) is 10.7. The van der Waals surface area contributed by atoms with Gasteiger partial charge in [0.15, 0.2) is 11.5 Å². The number of hydrogen-bond acceptors (Lipinski definition) is 6. The normalized spacial score (nSPS) is 15.0. The average molecular weight is 464 g/mol. The zero-order chi connectivity index (χ0) is 21.5. The number of likely N-dealkylation sites (N-methyl/N-ethyl adjacent to an activating group) is 1. The van der Waals surface area contributed by atoms with E-state index in [9.17, 15) is 4.79 Å². The van der Waals surface area contributed by atoms with Gasteiger partial charge >= 0.3 is 0 Å². The molecule has 0 aliphatic carbocycles. The molecule has 0 atom stereocenters. The van der Waals surface area contributed by atoms with Gasteiger partial charge in [0.25, 0.3) is 5.91 Å². The summed E-state index contributed by atoms with van der Waals surface area (Å²) < 4.78 is 17.7. The third kappa shape index (κ3) is 5.28. The van der Waals surface area contributed by atoms with Gasteiger partial charge in [-0.2, -0.15) is 0 Å². The van der Waals surface area contributed by atoms with Crippen LogP contribution in [-0.4, -0.2) is 42.0 Å². The highest BCUT2D eigenvalue weighted by molar-refractivity contribution is 8.26. The number of benzene rings is 2. The van der Waals surface area contributed by atoms with Crippen molar-refractivity contribution < 1.29 is 19.0 Å². The van der Waals surface area contributed by atoms with Crippen LogP contribution < -0.4 is 14.2 Å². The second-order valence-corrected chi connectivity index (χ2v) is 8.37. The largest absolute Gasteiger partial charge is 0.493 e. The minimum atomic E-state index is -0.0885. The number of thioether (sulfide) groups is 1. The van der Waals surface area contributed by atoms with Crippen molar-refractivity contribution in [3.05, 3.63) is 58.0 Å². The van der Waals surface area contributed by atoms with E-state index in [2.05, 4.69) is 0 Å². The highest BCUT2D eigenvalue weighted by atomic mass is 35.5. The number of hydrogen-bond donors (Lipinski definition) is 0. The number of carbonyl (C=O) groups excluding carboxylic acids is 1. The zero-order valence-corrected chi connectivity index (χ0v) is 19.1. The van der Waals surface area contributed by atoms with E-state index in [0.29, 0.717) is 57.7 Å². The number of thiocarbonyl (C=S) groups is 1. The Morgan fingerprint density at radius 1 is 1.10 bits per heavy atom. The number of nitrogens with zero attached hydrogens (tertiary/aromatic N) is 1. The fourth-order valence-corrected chi connectivity index (χ4v) is 4.42. The third-order valence-corrected chi connectivity index (χ3v) is 6.03. The first-order valence-corrected chi connectivity index (χ1v) is 11.1. The van der Waals surface area contributed by atoms with E-state index in [1.807, 2.05) is 43.3 Å². The lowest BCUT2D eigenvalue weighted by molar-refractivity contribution is -0.121. The van der Waals surface area contributed by atoms with Gasteiger partial charge in [0, 0.05) is 18.5 Å². The van der Waals surface area contributed by atoms with Crippen molar-refractivity contribution in [1.82, 2.24) is 4.90 Å². The highest BCUT2D eigenvalue weighted by Crippen LogP contribution is 2.37. The van der Waals surface area contributed by atoms with Gasteiger partial charge in [-0.3, -0.25) is 9.69 Å². The predicted octanol–water partition coefficient (Wildman–Crippen LogP) is 5.42. The van der Waals surface area contributed by atoms with E-state index in [-0.39, 0.29) is 5.91 Å². The molecule has 0 N–H and O–H groups in total. The number of rotatable bonds is 9. The summed E-state index contributed by atoms with van der Waals surface area (Å²) in [5, 5.41) is 0.579. The van der Waals surface area contributed by atoms with Crippen molar-refractivity contribution in [2.24, 2.45) is 0 Å². The molecular weight excluding hydrogens is 442 g/mol. The molecule has 0 saturated carbocycles. The second-order valence-electron chi connectivity index (χ2n) is 6.29. The molecule has 30 heavy (non-hydrogen) atoms. The maximum Gasteiger partial charge on any atom is 0.266 e. The van der Waals surface area contributed by atoms with Crippen LogP contribution in [0.3, 0.4) is 0 Å². The summed E-state index contributed by atoms with van der Waals surface area (Å²) in [6.45, 7) is 3.33. The molecule has 8 heteroatoms. The van der Waals surface area contributed by atoms with Crippen LogP contribution in [-0.2, 0) is 4.79 Å². The average Bonchev–Trinajstić information content (AvgIpc) is 3.02. The van der Waals surface area contributed by atoms with Crippen molar-refractivity contribution in [2.45, 2.75) is 13.3 Å². The SMILES string of the molecule is CCN1C(=O)/C(=C\c2cccc(OC)c2OCCCOc2ccccc2Cl)SC1=S. The Labute approximate surface area is 190 Å². The molecule has 158 valence electrons. The molecule has 5 nitrogen and oxygen atoms in total. The summed E-state index contributed by atoms with van der Waals surface area (Å²) in [6, 6.07) is 12.9. The molecule has 0 unspecified atom stereocenters. The van der Waals surface area contributed by atoms with Crippen molar-refractivity contribution in [3.8, 4) is 17.2 Å². The Hall–Kier alpha value is -2.22. The number of amides is 1. The minimum absolute atomic E-state index is 0.0885. The van der Waals surface area contributed by atoms with E-state index in [0.717, 1.165) is 5.56 Å². The predicted molar refractivity (Wildman–Crippen MR) is 126 cm³/mol. The van der Waals surface area contributed by atoms with Crippen LogP contribution in [0.4, 0.5) is 0 Å². The monoisotopic (exact) mass is 463 g/mol. The van der Waals surface area contributed by atoms with Gasteiger partial charge in [-0.1, -0.05) is 59.8 Å². The molecule has 1 aliphatic rings. The summed E-state index contributed by atoms with van der Waals surface area (Å²) in [5.74, 6) is 1.74. The molecule has 1 saturated heterocycles. The number of halogens is 1. The van der Waals surface area contributed by atoms with Crippen LogP contribution in [0.5, 0.6) is 17.2 Å². The van der Waals surface area contributed by atoms with Gasteiger partial charge < -0.3 is 14.2 Å².